The van der Waals surface area contributed by atoms with Gasteiger partial charge in [-0.2, -0.15) is 13.2 Å². The minimum atomic E-state index is -4.58. The first-order valence-corrected chi connectivity index (χ1v) is 14.4. The maximum absolute atomic E-state index is 14.1. The van der Waals surface area contributed by atoms with E-state index in [2.05, 4.69) is 5.32 Å². The van der Waals surface area contributed by atoms with Crippen molar-refractivity contribution in [3.63, 3.8) is 0 Å². The molecule has 0 saturated carbocycles. The van der Waals surface area contributed by atoms with E-state index in [0.717, 1.165) is 12.1 Å². The third-order valence-electron chi connectivity index (χ3n) is 7.37. The summed E-state index contributed by atoms with van der Waals surface area (Å²) in [6.45, 7) is 3.79. The number of amides is 1. The molecule has 0 spiro atoms. The molecule has 1 heterocycles. The molecule has 0 bridgehead atoms. The molecule has 0 aliphatic carbocycles. The monoisotopic (exact) mass is 668 g/mol. The van der Waals surface area contributed by atoms with Crippen LogP contribution in [0.1, 0.15) is 63.5 Å². The Labute approximate surface area is 296 Å². The molecule has 2 atom stereocenters. The van der Waals surface area contributed by atoms with Crippen LogP contribution in [0.4, 0.5) is 23.2 Å². The molecule has 1 amide bonds. The molecule has 0 radical (unpaired) electrons. The molecule has 3 aromatic carbocycles. The zero-order valence-electron chi connectivity index (χ0n) is 27.4. The number of benzene rings is 3. The van der Waals surface area contributed by atoms with E-state index in [1.165, 1.54) is 36.4 Å². The molecule has 4 aromatic rings. The fourth-order valence-corrected chi connectivity index (χ4v) is 5.42. The quantitative estimate of drug-likeness (QED) is 0.0945. The Kier molecular flexibility index (Phi) is 13.0. The van der Waals surface area contributed by atoms with E-state index in [-0.39, 0.29) is 71.5 Å². The summed E-state index contributed by atoms with van der Waals surface area (Å²) < 4.78 is 56.3. The number of carbonyl (C=O) groups excluding carboxylic acids is 1. The smallest absolute Gasteiger partial charge is 1.00 e. The number of aliphatic carboxylic acids is 1. The number of nitrogens with one attached hydrogen (secondary N) is 1. The average molecular weight is 669 g/mol. The van der Waals surface area contributed by atoms with E-state index in [9.17, 15) is 37.4 Å². The van der Waals surface area contributed by atoms with Gasteiger partial charge in [-0.05, 0) is 78.4 Å². The molecule has 0 unspecified atom stereocenters. The number of rotatable bonds is 12. The standard InChI is InChI=1S/C34H34F4N2O5.Ca.2H/c1-20(2)31-30(33(45)39-25-6-4-3-5-7-25)29(21-8-12-23(13-9-21)34(36,37)38)32(22-10-14-24(35)15-11-22)40(31)17-16-26(41)18-27(42)19-28(43)44;;;/h3-15,20,26-27,41-42H,16-19H2,1-2H3,(H,39,45)(H,43,44);;;/q;+2;2*-1/t26-,27-;;;/m1.../s1. The van der Waals surface area contributed by atoms with Crippen molar-refractivity contribution < 1.29 is 45.3 Å². The van der Waals surface area contributed by atoms with Gasteiger partial charge in [0, 0.05) is 23.5 Å². The van der Waals surface area contributed by atoms with Crippen molar-refractivity contribution in [2.75, 3.05) is 5.32 Å². The number of aromatic nitrogens is 1. The van der Waals surface area contributed by atoms with Crippen molar-refractivity contribution in [1.82, 2.24) is 4.57 Å². The van der Waals surface area contributed by atoms with Gasteiger partial charge in [-0.15, -0.1) is 0 Å². The fraction of sp³-hybridized carbons (Fsp3) is 0.294. The van der Waals surface area contributed by atoms with Gasteiger partial charge in [0.05, 0.1) is 35.4 Å². The number of hydrogen-bond donors (Lipinski definition) is 4. The molecule has 4 rings (SSSR count). The van der Waals surface area contributed by atoms with Crippen LogP contribution in [0.2, 0.25) is 0 Å². The van der Waals surface area contributed by atoms with Crippen LogP contribution in [0.25, 0.3) is 22.4 Å². The van der Waals surface area contributed by atoms with Crippen LogP contribution >= 0.6 is 0 Å². The van der Waals surface area contributed by atoms with Crippen LogP contribution < -0.4 is 5.32 Å². The van der Waals surface area contributed by atoms with Crippen molar-refractivity contribution >= 4 is 55.3 Å². The topological polar surface area (TPSA) is 112 Å². The average Bonchev–Trinajstić information content (AvgIpc) is 3.32. The van der Waals surface area contributed by atoms with Crippen LogP contribution in [0.3, 0.4) is 0 Å². The van der Waals surface area contributed by atoms with Gasteiger partial charge in [0.15, 0.2) is 0 Å². The van der Waals surface area contributed by atoms with E-state index in [1.54, 1.807) is 34.9 Å². The SMILES string of the molecule is CC(C)c1c(C(=O)Nc2ccccc2)c(-c2ccc(C(F)(F)F)cc2)c(-c2ccc(F)cc2)n1CC[C@@H](O)C[C@@H](O)CC(=O)O.[Ca+2].[H-].[H-]. The van der Waals surface area contributed by atoms with Crippen molar-refractivity contribution in [1.29, 1.82) is 0 Å². The largest absolute Gasteiger partial charge is 2.00 e. The van der Waals surface area contributed by atoms with Crippen molar-refractivity contribution in [3.8, 4) is 22.4 Å². The molecule has 7 nitrogen and oxygen atoms in total. The van der Waals surface area contributed by atoms with Gasteiger partial charge in [-0.25, -0.2) is 4.39 Å². The Hall–Kier alpha value is -3.22. The van der Waals surface area contributed by atoms with Gasteiger partial charge >= 0.3 is 49.9 Å². The summed E-state index contributed by atoms with van der Waals surface area (Å²) in [7, 11) is 0. The summed E-state index contributed by atoms with van der Waals surface area (Å²) in [5.74, 6) is -2.55. The maximum atomic E-state index is 14.1. The van der Waals surface area contributed by atoms with Crippen LogP contribution in [0.15, 0.2) is 78.9 Å². The second-order valence-corrected chi connectivity index (χ2v) is 11.1. The zero-order valence-corrected chi connectivity index (χ0v) is 27.6. The van der Waals surface area contributed by atoms with Crippen LogP contribution in [0.5, 0.6) is 0 Å². The van der Waals surface area contributed by atoms with Gasteiger partial charge in [-0.3, -0.25) is 9.59 Å². The van der Waals surface area contributed by atoms with Crippen LogP contribution in [0, 0.1) is 5.82 Å². The van der Waals surface area contributed by atoms with Gasteiger partial charge in [0.1, 0.15) is 5.82 Å². The zero-order chi connectivity index (χ0) is 32.9. The normalized spacial score (nSPS) is 12.8. The summed E-state index contributed by atoms with van der Waals surface area (Å²) in [5, 5.41) is 32.6. The Morgan fingerprint density at radius 2 is 1.48 bits per heavy atom. The van der Waals surface area contributed by atoms with Crippen molar-refractivity contribution in [2.24, 2.45) is 0 Å². The van der Waals surface area contributed by atoms with Crippen LogP contribution in [-0.2, 0) is 17.5 Å². The van der Waals surface area contributed by atoms with Crippen LogP contribution in [-0.4, -0.2) is 81.7 Å². The first-order chi connectivity index (χ1) is 21.3. The summed E-state index contributed by atoms with van der Waals surface area (Å²) in [6.07, 6.45) is -7.67. The number of carboxylic acids is 1. The van der Waals surface area contributed by atoms with E-state index >= 15 is 0 Å². The molecule has 0 fully saturated rings. The number of hydrogen-bond acceptors (Lipinski definition) is 4. The number of alkyl halides is 3. The van der Waals surface area contributed by atoms with Gasteiger partial charge < -0.3 is 28.1 Å². The number of para-hydroxylation sites is 1. The van der Waals surface area contributed by atoms with Gasteiger partial charge in [0.25, 0.3) is 5.91 Å². The number of halogens is 4. The first-order valence-electron chi connectivity index (χ1n) is 14.4. The maximum Gasteiger partial charge on any atom is 2.00 e. The Balaban J connectivity index is 0.00000384. The fourth-order valence-electron chi connectivity index (χ4n) is 5.42. The number of nitrogens with zero attached hydrogens (tertiary/aromatic N) is 1. The molecule has 242 valence electrons. The summed E-state index contributed by atoms with van der Waals surface area (Å²) >= 11 is 0. The molecule has 1 aromatic heterocycles. The first kappa shape index (κ1) is 37.2. The van der Waals surface area contributed by atoms with Crippen molar-refractivity contribution in [2.45, 2.75) is 64.0 Å². The van der Waals surface area contributed by atoms with Gasteiger partial charge in [-0.1, -0.05) is 44.2 Å². The number of carbonyl (C=O) groups is 2. The molecule has 0 saturated heterocycles. The molecule has 0 aliphatic heterocycles. The Bertz CT molecular complexity index is 1630. The summed E-state index contributed by atoms with van der Waals surface area (Å²) in [6, 6.07) is 18.6. The van der Waals surface area contributed by atoms with E-state index in [0.29, 0.717) is 33.8 Å². The van der Waals surface area contributed by atoms with Gasteiger partial charge in [0.2, 0.25) is 0 Å². The molecule has 4 N–H and O–H groups in total. The number of anilines is 1. The minimum Gasteiger partial charge on any atom is -1.00 e. The predicted molar refractivity (Wildman–Crippen MR) is 170 cm³/mol. The Morgan fingerprint density at radius 3 is 2.02 bits per heavy atom. The van der Waals surface area contributed by atoms with E-state index < -0.39 is 48.1 Å². The number of aliphatic hydroxyl groups is 2. The van der Waals surface area contributed by atoms with E-state index in [1.807, 2.05) is 13.8 Å². The molecule has 0 aliphatic rings. The number of carboxylic acid groups (broad SMARTS) is 1. The summed E-state index contributed by atoms with van der Waals surface area (Å²) in [4.78, 5) is 25.1. The second kappa shape index (κ2) is 16.1. The minimum absolute atomic E-state index is 0. The second-order valence-electron chi connectivity index (χ2n) is 11.1. The van der Waals surface area contributed by atoms with E-state index in [4.69, 9.17) is 5.11 Å². The summed E-state index contributed by atoms with van der Waals surface area (Å²) in [5.41, 5.74) is 1.91. The third kappa shape index (κ3) is 9.19. The molecular weight excluding hydrogens is 632 g/mol. The molecule has 12 heteroatoms. The predicted octanol–water partition coefficient (Wildman–Crippen LogP) is 7.18. The number of aliphatic hydroxyl groups excluding tert-OH is 2. The van der Waals surface area contributed by atoms with Crippen molar-refractivity contribution in [3.05, 3.63) is 102 Å². The molecular formula is C34H36CaF4N2O5. The Morgan fingerprint density at radius 1 is 0.891 bits per heavy atom. The molecule has 46 heavy (non-hydrogen) atoms. The third-order valence-corrected chi connectivity index (χ3v) is 7.37.